The van der Waals surface area contributed by atoms with Gasteiger partial charge in [0, 0.05) is 70.4 Å². The molecule has 0 N–H and O–H groups in total. The summed E-state index contributed by atoms with van der Waals surface area (Å²) in [6.07, 6.45) is 5.42. The summed E-state index contributed by atoms with van der Waals surface area (Å²) in [5.41, 5.74) is 2.40. The summed E-state index contributed by atoms with van der Waals surface area (Å²) in [5, 5.41) is 0. The maximum Gasteiger partial charge on any atom is 0.223 e. The molecule has 31 heavy (non-hydrogen) atoms. The molecule has 1 aromatic heterocycles. The van der Waals surface area contributed by atoms with Crippen LogP contribution < -0.4 is 0 Å². The van der Waals surface area contributed by atoms with E-state index in [1.54, 1.807) is 0 Å². The zero-order valence-electron chi connectivity index (χ0n) is 18.4. The maximum absolute atomic E-state index is 13.2. The van der Waals surface area contributed by atoms with E-state index in [9.17, 15) is 4.79 Å². The SMILES string of the molecule is CCc1nccn1CCN1CCN(C(=O)CC(c2ccccc2)c2ccccc2)CC1. The number of benzene rings is 2. The molecule has 0 saturated carbocycles. The minimum Gasteiger partial charge on any atom is -0.340 e. The Bertz CT molecular complexity index is 906. The van der Waals surface area contributed by atoms with Crippen LogP contribution in [0, 0.1) is 0 Å². The molecule has 1 aliphatic heterocycles. The van der Waals surface area contributed by atoms with E-state index in [-0.39, 0.29) is 11.8 Å². The summed E-state index contributed by atoms with van der Waals surface area (Å²) in [6.45, 7) is 7.58. The lowest BCUT2D eigenvalue weighted by Gasteiger charge is -2.35. The highest BCUT2D eigenvalue weighted by Gasteiger charge is 2.25. The van der Waals surface area contributed by atoms with Crippen LogP contribution in [0.5, 0.6) is 0 Å². The average Bonchev–Trinajstić information content (AvgIpc) is 3.30. The van der Waals surface area contributed by atoms with Crippen LogP contribution in [0.15, 0.2) is 73.1 Å². The molecule has 4 rings (SSSR count). The van der Waals surface area contributed by atoms with Gasteiger partial charge in [0.25, 0.3) is 0 Å². The van der Waals surface area contributed by atoms with Crippen LogP contribution in [0.2, 0.25) is 0 Å². The summed E-state index contributed by atoms with van der Waals surface area (Å²) >= 11 is 0. The fourth-order valence-corrected chi connectivity index (χ4v) is 4.43. The first-order valence-corrected chi connectivity index (χ1v) is 11.3. The summed E-state index contributed by atoms with van der Waals surface area (Å²) in [6, 6.07) is 20.8. The van der Waals surface area contributed by atoms with Gasteiger partial charge in [-0.1, -0.05) is 67.6 Å². The Hall–Kier alpha value is -2.92. The second-order valence-corrected chi connectivity index (χ2v) is 8.19. The molecule has 0 bridgehead atoms. The Kier molecular flexibility index (Phi) is 7.15. The van der Waals surface area contributed by atoms with Crippen molar-refractivity contribution in [1.82, 2.24) is 19.4 Å². The minimum absolute atomic E-state index is 0.0987. The van der Waals surface area contributed by atoms with Gasteiger partial charge in [0.05, 0.1) is 0 Å². The van der Waals surface area contributed by atoms with E-state index in [1.807, 2.05) is 23.2 Å². The highest BCUT2D eigenvalue weighted by Crippen LogP contribution is 2.28. The molecule has 2 heterocycles. The van der Waals surface area contributed by atoms with Crippen LogP contribution in [0.1, 0.15) is 36.2 Å². The Balaban J connectivity index is 1.33. The highest BCUT2D eigenvalue weighted by atomic mass is 16.2. The molecule has 1 amide bonds. The van der Waals surface area contributed by atoms with Crippen molar-refractivity contribution in [2.45, 2.75) is 32.2 Å². The molecule has 0 spiro atoms. The minimum atomic E-state index is 0.0987. The average molecular weight is 417 g/mol. The molecule has 1 fully saturated rings. The third kappa shape index (κ3) is 5.42. The number of hydrogen-bond acceptors (Lipinski definition) is 3. The molecule has 2 aromatic carbocycles. The first kappa shape index (κ1) is 21.3. The fourth-order valence-electron chi connectivity index (χ4n) is 4.43. The standard InChI is InChI=1S/C26H32N4O/c1-2-25-27-13-14-29(25)18-15-28-16-19-30(20-17-28)26(31)21-24(22-9-5-3-6-10-22)23-11-7-4-8-12-23/h3-14,24H,2,15-21H2,1H3. The van der Waals surface area contributed by atoms with Gasteiger partial charge in [0.2, 0.25) is 5.91 Å². The third-order valence-electron chi connectivity index (χ3n) is 6.28. The lowest BCUT2D eigenvalue weighted by atomic mass is 9.88. The van der Waals surface area contributed by atoms with Gasteiger partial charge in [0.15, 0.2) is 0 Å². The molecular formula is C26H32N4O. The summed E-state index contributed by atoms with van der Waals surface area (Å²) in [7, 11) is 0. The summed E-state index contributed by atoms with van der Waals surface area (Å²) in [5.74, 6) is 1.49. The lowest BCUT2D eigenvalue weighted by molar-refractivity contribution is -0.133. The van der Waals surface area contributed by atoms with Crippen molar-refractivity contribution >= 4 is 5.91 Å². The second-order valence-electron chi connectivity index (χ2n) is 8.19. The Morgan fingerprint density at radius 2 is 1.52 bits per heavy atom. The number of piperazine rings is 1. The number of aromatic nitrogens is 2. The van der Waals surface area contributed by atoms with E-state index in [2.05, 4.69) is 76.1 Å². The number of nitrogens with zero attached hydrogens (tertiary/aromatic N) is 4. The summed E-state index contributed by atoms with van der Waals surface area (Å²) in [4.78, 5) is 22.1. The zero-order valence-corrected chi connectivity index (χ0v) is 18.4. The molecule has 162 valence electrons. The van der Waals surface area contributed by atoms with E-state index in [4.69, 9.17) is 0 Å². The van der Waals surface area contributed by atoms with E-state index in [0.29, 0.717) is 6.42 Å². The third-order valence-corrected chi connectivity index (χ3v) is 6.28. The van der Waals surface area contributed by atoms with E-state index in [1.165, 1.54) is 11.1 Å². The van der Waals surface area contributed by atoms with Gasteiger partial charge < -0.3 is 9.47 Å². The number of carbonyl (C=O) groups is 1. The predicted molar refractivity (Wildman–Crippen MR) is 124 cm³/mol. The van der Waals surface area contributed by atoms with Crippen molar-refractivity contribution in [3.63, 3.8) is 0 Å². The Morgan fingerprint density at radius 3 is 2.10 bits per heavy atom. The van der Waals surface area contributed by atoms with Crippen molar-refractivity contribution in [2.24, 2.45) is 0 Å². The number of hydrogen-bond donors (Lipinski definition) is 0. The molecule has 5 heteroatoms. The molecule has 0 atom stereocenters. The highest BCUT2D eigenvalue weighted by molar-refractivity contribution is 5.78. The number of rotatable bonds is 8. The number of carbonyl (C=O) groups excluding carboxylic acids is 1. The smallest absolute Gasteiger partial charge is 0.223 e. The van der Waals surface area contributed by atoms with Gasteiger partial charge in [-0.2, -0.15) is 0 Å². The van der Waals surface area contributed by atoms with Gasteiger partial charge >= 0.3 is 0 Å². The number of aryl methyl sites for hydroxylation is 1. The molecule has 1 aliphatic rings. The molecule has 1 saturated heterocycles. The van der Waals surface area contributed by atoms with Crippen LogP contribution in [0.4, 0.5) is 0 Å². The van der Waals surface area contributed by atoms with Gasteiger partial charge in [0.1, 0.15) is 5.82 Å². The van der Waals surface area contributed by atoms with Crippen LogP contribution in [0.3, 0.4) is 0 Å². The largest absolute Gasteiger partial charge is 0.340 e. The Labute approximate surface area is 185 Å². The number of amides is 1. The normalized spacial score (nSPS) is 14.8. The van der Waals surface area contributed by atoms with Crippen LogP contribution >= 0.6 is 0 Å². The van der Waals surface area contributed by atoms with Crippen molar-refractivity contribution in [3.05, 3.63) is 90.0 Å². The van der Waals surface area contributed by atoms with E-state index >= 15 is 0 Å². The molecule has 3 aromatic rings. The van der Waals surface area contributed by atoms with Crippen molar-refractivity contribution in [2.75, 3.05) is 32.7 Å². The maximum atomic E-state index is 13.2. The van der Waals surface area contributed by atoms with Gasteiger partial charge in [-0.05, 0) is 11.1 Å². The number of imidazole rings is 1. The fraction of sp³-hybridized carbons (Fsp3) is 0.385. The molecule has 0 unspecified atom stereocenters. The molecule has 5 nitrogen and oxygen atoms in total. The summed E-state index contributed by atoms with van der Waals surface area (Å²) < 4.78 is 2.24. The van der Waals surface area contributed by atoms with Crippen molar-refractivity contribution in [1.29, 1.82) is 0 Å². The lowest BCUT2D eigenvalue weighted by Crippen LogP contribution is -2.49. The van der Waals surface area contributed by atoms with Crippen molar-refractivity contribution < 1.29 is 4.79 Å². The zero-order chi connectivity index (χ0) is 21.5. The van der Waals surface area contributed by atoms with Gasteiger partial charge in [-0.3, -0.25) is 9.69 Å². The van der Waals surface area contributed by atoms with Gasteiger partial charge in [-0.15, -0.1) is 0 Å². The molecule has 0 radical (unpaired) electrons. The van der Waals surface area contributed by atoms with Crippen molar-refractivity contribution in [3.8, 4) is 0 Å². The predicted octanol–water partition coefficient (Wildman–Crippen LogP) is 3.81. The van der Waals surface area contributed by atoms with E-state index < -0.39 is 0 Å². The quantitative estimate of drug-likeness (QED) is 0.561. The first-order chi connectivity index (χ1) is 15.2. The molecular weight excluding hydrogens is 384 g/mol. The first-order valence-electron chi connectivity index (χ1n) is 11.3. The van der Waals surface area contributed by atoms with Crippen LogP contribution in [0.25, 0.3) is 0 Å². The topological polar surface area (TPSA) is 41.4 Å². The van der Waals surface area contributed by atoms with Gasteiger partial charge in [-0.25, -0.2) is 4.98 Å². The second kappa shape index (κ2) is 10.4. The Morgan fingerprint density at radius 1 is 0.903 bits per heavy atom. The molecule has 0 aliphatic carbocycles. The van der Waals surface area contributed by atoms with Crippen LogP contribution in [-0.4, -0.2) is 58.0 Å². The van der Waals surface area contributed by atoms with E-state index in [0.717, 1.165) is 51.5 Å². The van der Waals surface area contributed by atoms with Crippen LogP contribution in [-0.2, 0) is 17.8 Å². The monoisotopic (exact) mass is 416 g/mol.